The molecule has 0 amide bonds. The lowest BCUT2D eigenvalue weighted by atomic mass is 10.2. The highest BCUT2D eigenvalue weighted by molar-refractivity contribution is 7.92. The third-order valence-corrected chi connectivity index (χ3v) is 6.14. The van der Waals surface area contributed by atoms with Crippen molar-refractivity contribution >= 4 is 49.6 Å². The lowest BCUT2D eigenvalue weighted by Crippen LogP contribution is -2.15. The summed E-state index contributed by atoms with van der Waals surface area (Å²) >= 11 is 0. The molecule has 0 aliphatic rings. The Hall–Kier alpha value is -4.78. The van der Waals surface area contributed by atoms with Crippen LogP contribution < -0.4 is 4.72 Å². The van der Waals surface area contributed by atoms with E-state index in [4.69, 9.17) is 0 Å². The normalized spacial score (nSPS) is 11.6. The van der Waals surface area contributed by atoms with Crippen LogP contribution in [-0.4, -0.2) is 34.5 Å². The number of nitrogens with zero attached hydrogens (tertiary/aromatic N) is 3. The predicted octanol–water partition coefficient (Wildman–Crippen LogP) is 4.70. The van der Waals surface area contributed by atoms with Crippen LogP contribution in [0, 0.1) is 10.1 Å². The van der Waals surface area contributed by atoms with Gasteiger partial charge in [-0.25, -0.2) is 13.2 Å². The highest BCUT2D eigenvalue weighted by Crippen LogP contribution is 2.38. The van der Waals surface area contributed by atoms with Gasteiger partial charge in [-0.15, -0.1) is 10.2 Å². The van der Waals surface area contributed by atoms with Crippen LogP contribution in [0.15, 0.2) is 81.9 Å². The number of aromatic amines is 1. The minimum Gasteiger partial charge on any atom is -0.493 e. The number of nitrogens with one attached hydrogen (secondary N) is 2. The number of rotatable bonds is 7. The first kappa shape index (κ1) is 22.4. The summed E-state index contributed by atoms with van der Waals surface area (Å²) in [6.45, 7) is 0. The molecule has 4 rings (SSSR count). The third kappa shape index (κ3) is 4.27. The van der Waals surface area contributed by atoms with Crippen molar-refractivity contribution in [2.75, 3.05) is 4.72 Å². The van der Waals surface area contributed by atoms with Crippen molar-refractivity contribution in [1.82, 2.24) is 4.98 Å². The number of aromatic carboxylic acids is 1. The summed E-state index contributed by atoms with van der Waals surface area (Å²) < 4.78 is 27.7. The van der Waals surface area contributed by atoms with E-state index in [0.717, 1.165) is 18.2 Å². The number of hydrogen-bond acceptors (Lipinski definition) is 8. The van der Waals surface area contributed by atoms with Crippen LogP contribution in [0.1, 0.15) is 10.4 Å². The van der Waals surface area contributed by atoms with E-state index < -0.39 is 31.5 Å². The molecular weight excluding hydrogens is 466 g/mol. The van der Waals surface area contributed by atoms with Gasteiger partial charge in [-0.05, 0) is 30.3 Å². The molecule has 0 spiro atoms. The Morgan fingerprint density at radius 1 is 1.03 bits per heavy atom. The van der Waals surface area contributed by atoms with Crippen molar-refractivity contribution in [1.29, 1.82) is 0 Å². The molecule has 0 aliphatic heterocycles. The average Bonchev–Trinajstić information content (AvgIpc) is 3.12. The zero-order valence-electron chi connectivity index (χ0n) is 17.0. The first-order valence-electron chi connectivity index (χ1n) is 9.52. The van der Waals surface area contributed by atoms with Crippen molar-refractivity contribution in [3.05, 3.63) is 82.4 Å². The number of carbonyl (C=O) groups is 1. The number of H-pyrrole nitrogens is 1. The summed E-state index contributed by atoms with van der Waals surface area (Å²) in [7, 11) is -4.37. The monoisotopic (exact) mass is 481 g/mol. The van der Waals surface area contributed by atoms with E-state index in [-0.39, 0.29) is 28.5 Å². The van der Waals surface area contributed by atoms with Gasteiger partial charge in [0.1, 0.15) is 0 Å². The summed E-state index contributed by atoms with van der Waals surface area (Å²) in [4.78, 5) is 24.3. The maximum absolute atomic E-state index is 12.8. The topological polar surface area (TPSA) is 187 Å². The van der Waals surface area contributed by atoms with Crippen molar-refractivity contribution in [2.45, 2.75) is 4.90 Å². The van der Waals surface area contributed by atoms with Gasteiger partial charge in [-0.2, -0.15) is 0 Å². The number of carboxylic acids is 1. The van der Waals surface area contributed by atoms with Crippen LogP contribution in [0.5, 0.6) is 5.88 Å². The summed E-state index contributed by atoms with van der Waals surface area (Å²) in [5.74, 6) is -1.63. The Morgan fingerprint density at radius 2 is 1.74 bits per heavy atom. The molecule has 12 nitrogen and oxygen atoms in total. The fourth-order valence-corrected chi connectivity index (χ4v) is 4.28. The Labute approximate surface area is 191 Å². The number of fused-ring (bicyclic) bond motifs is 1. The number of anilines is 1. The maximum Gasteiger partial charge on any atom is 0.337 e. The molecule has 4 aromatic rings. The number of hydrogen-bond donors (Lipinski definition) is 4. The molecule has 1 heterocycles. The summed E-state index contributed by atoms with van der Waals surface area (Å²) in [6.07, 6.45) is 0. The van der Waals surface area contributed by atoms with Gasteiger partial charge in [0.2, 0.25) is 5.88 Å². The summed E-state index contributed by atoms with van der Waals surface area (Å²) in [5.41, 5.74) is -0.746. The van der Waals surface area contributed by atoms with Crippen LogP contribution in [-0.2, 0) is 10.0 Å². The molecule has 0 saturated heterocycles. The van der Waals surface area contributed by atoms with Crippen molar-refractivity contribution in [2.24, 2.45) is 10.2 Å². The molecule has 0 radical (unpaired) electrons. The smallest absolute Gasteiger partial charge is 0.337 e. The summed E-state index contributed by atoms with van der Waals surface area (Å²) in [5, 5.41) is 39.2. The molecule has 0 saturated carbocycles. The highest BCUT2D eigenvalue weighted by Gasteiger charge is 2.23. The van der Waals surface area contributed by atoms with E-state index in [1.54, 1.807) is 24.3 Å². The number of aromatic hydroxyl groups is 1. The molecule has 172 valence electrons. The van der Waals surface area contributed by atoms with Crippen LogP contribution in [0.4, 0.5) is 22.7 Å². The lowest BCUT2D eigenvalue weighted by Gasteiger charge is -2.10. The number of nitro groups is 1. The Balaban J connectivity index is 1.71. The second-order valence-electron chi connectivity index (χ2n) is 6.93. The van der Waals surface area contributed by atoms with Crippen LogP contribution in [0.25, 0.3) is 10.9 Å². The third-order valence-electron chi connectivity index (χ3n) is 4.77. The van der Waals surface area contributed by atoms with E-state index >= 15 is 0 Å². The minimum atomic E-state index is -4.37. The average molecular weight is 481 g/mol. The Kier molecular flexibility index (Phi) is 5.69. The molecule has 0 atom stereocenters. The number of azo groups is 1. The number of sulfonamides is 1. The molecule has 34 heavy (non-hydrogen) atoms. The first-order valence-corrected chi connectivity index (χ1v) is 11.0. The number of benzene rings is 3. The zero-order chi connectivity index (χ0) is 24.5. The van der Waals surface area contributed by atoms with Gasteiger partial charge in [0.05, 0.1) is 26.6 Å². The lowest BCUT2D eigenvalue weighted by molar-refractivity contribution is -0.384. The maximum atomic E-state index is 12.8. The molecule has 0 fully saturated rings. The molecule has 1 aromatic heterocycles. The fraction of sp³-hybridized carbons (Fsp3) is 0. The summed E-state index contributed by atoms with van der Waals surface area (Å²) in [6, 6.07) is 15.1. The molecule has 0 unspecified atom stereocenters. The zero-order valence-corrected chi connectivity index (χ0v) is 17.9. The highest BCUT2D eigenvalue weighted by atomic mass is 32.2. The van der Waals surface area contributed by atoms with Crippen LogP contribution in [0.2, 0.25) is 0 Å². The molecule has 4 N–H and O–H groups in total. The van der Waals surface area contributed by atoms with E-state index in [2.05, 4.69) is 19.9 Å². The number of nitro benzene ring substituents is 1. The van der Waals surface area contributed by atoms with E-state index in [1.165, 1.54) is 24.3 Å². The van der Waals surface area contributed by atoms with Crippen molar-refractivity contribution in [3.63, 3.8) is 0 Å². The minimum absolute atomic E-state index is 0.0635. The second kappa shape index (κ2) is 8.63. The molecule has 13 heteroatoms. The number of aromatic nitrogens is 1. The van der Waals surface area contributed by atoms with Gasteiger partial charge in [0, 0.05) is 11.5 Å². The molecular formula is C21H15N5O7S. The van der Waals surface area contributed by atoms with Crippen LogP contribution in [0.3, 0.4) is 0 Å². The van der Waals surface area contributed by atoms with Crippen molar-refractivity contribution in [3.8, 4) is 5.88 Å². The van der Waals surface area contributed by atoms with E-state index in [1.807, 2.05) is 0 Å². The Bertz CT molecular complexity index is 1580. The van der Waals surface area contributed by atoms with Gasteiger partial charge >= 0.3 is 5.97 Å². The quantitative estimate of drug-likeness (QED) is 0.167. The second-order valence-corrected chi connectivity index (χ2v) is 8.61. The SMILES string of the molecule is O=C(O)c1ccccc1NS(=O)(=O)c1ccc(N=Nc2c(O)[nH]c3ccccc23)c([N+](=O)[O-])c1. The Morgan fingerprint density at radius 3 is 2.47 bits per heavy atom. The molecule has 3 aromatic carbocycles. The first-order chi connectivity index (χ1) is 16.2. The molecule has 0 bridgehead atoms. The largest absolute Gasteiger partial charge is 0.493 e. The van der Waals surface area contributed by atoms with Gasteiger partial charge in [0.15, 0.2) is 11.4 Å². The van der Waals surface area contributed by atoms with Gasteiger partial charge in [-0.3, -0.25) is 14.8 Å². The number of carboxylic acid groups (broad SMARTS) is 1. The van der Waals surface area contributed by atoms with Crippen molar-refractivity contribution < 1.29 is 28.3 Å². The standard InChI is InChI=1S/C21H15N5O7S/c27-20-19(13-5-1-3-7-15(13)22-20)24-23-17-10-9-12(11-18(17)26(30)31)34(32,33)25-16-8-4-2-6-14(16)21(28)29/h1-11,22,25,27H,(H,28,29). The predicted molar refractivity (Wildman–Crippen MR) is 121 cm³/mol. The van der Waals surface area contributed by atoms with Gasteiger partial charge in [-0.1, -0.05) is 30.3 Å². The van der Waals surface area contributed by atoms with E-state index in [0.29, 0.717) is 10.9 Å². The number of para-hydroxylation sites is 2. The van der Waals surface area contributed by atoms with Gasteiger partial charge in [0.25, 0.3) is 15.7 Å². The van der Waals surface area contributed by atoms with Crippen LogP contribution >= 0.6 is 0 Å². The van der Waals surface area contributed by atoms with E-state index in [9.17, 15) is 33.5 Å². The fourth-order valence-electron chi connectivity index (χ4n) is 3.18. The molecule has 0 aliphatic carbocycles. The van der Waals surface area contributed by atoms with Gasteiger partial charge < -0.3 is 15.2 Å².